The van der Waals surface area contributed by atoms with Crippen LogP contribution in [0.25, 0.3) is 12.2 Å². The van der Waals surface area contributed by atoms with Crippen molar-refractivity contribution in [3.8, 4) is 23.0 Å². The van der Waals surface area contributed by atoms with Crippen LogP contribution in [0.1, 0.15) is 24.0 Å². The number of benzene rings is 2. The number of hydrogen-bond acceptors (Lipinski definition) is 11. The second-order valence-electron chi connectivity index (χ2n) is 7.99. The Balaban J connectivity index is 1.63. The molecule has 0 aliphatic heterocycles. The third-order valence-corrected chi connectivity index (χ3v) is 5.18. The van der Waals surface area contributed by atoms with Gasteiger partial charge in [0.15, 0.2) is 28.8 Å². The predicted molar refractivity (Wildman–Crippen MR) is 120 cm³/mol. The van der Waals surface area contributed by atoms with E-state index in [2.05, 4.69) is 0 Å². The van der Waals surface area contributed by atoms with Gasteiger partial charge in [0, 0.05) is 25.0 Å². The van der Waals surface area contributed by atoms with Gasteiger partial charge in [-0.05, 0) is 47.5 Å². The monoisotopic (exact) mass is 488 g/mol. The molecule has 2 aromatic rings. The minimum atomic E-state index is -2.39. The standard InChI is InChI=1S/C24H24O11/c25-15-5-1-13(9-17(15)27)3-7-21(29)34-19-11-24(32,33)12-20(23(19)31)35-22(30)8-4-14-2-6-16(26)18(28)10-14/h1-10,19-20,23,25-28,31-33H,11-12H2/b7-3+,8-4+. The lowest BCUT2D eigenvalue weighted by Crippen LogP contribution is -2.55. The number of aliphatic hydroxyl groups is 3. The highest BCUT2D eigenvalue weighted by Gasteiger charge is 2.47. The van der Waals surface area contributed by atoms with Crippen molar-refractivity contribution >= 4 is 24.1 Å². The molecule has 35 heavy (non-hydrogen) atoms. The first-order valence-electron chi connectivity index (χ1n) is 10.4. The van der Waals surface area contributed by atoms with Crippen molar-refractivity contribution in [2.24, 2.45) is 0 Å². The highest BCUT2D eigenvalue weighted by molar-refractivity contribution is 5.88. The summed E-state index contributed by atoms with van der Waals surface area (Å²) in [5.74, 6) is -5.76. The van der Waals surface area contributed by atoms with Crippen molar-refractivity contribution in [2.45, 2.75) is 36.9 Å². The molecule has 1 aliphatic rings. The Kier molecular flexibility index (Phi) is 7.65. The number of phenols is 4. The number of carbonyl (C=O) groups is 2. The molecule has 0 heterocycles. The second-order valence-corrected chi connectivity index (χ2v) is 7.99. The Morgan fingerprint density at radius 3 is 1.51 bits per heavy atom. The van der Waals surface area contributed by atoms with E-state index in [-0.39, 0.29) is 11.5 Å². The third-order valence-electron chi connectivity index (χ3n) is 5.18. The van der Waals surface area contributed by atoms with Crippen molar-refractivity contribution < 1.29 is 54.8 Å². The lowest BCUT2D eigenvalue weighted by molar-refractivity contribution is -0.251. The molecule has 1 saturated carbocycles. The molecule has 2 atom stereocenters. The van der Waals surface area contributed by atoms with Crippen LogP contribution in [-0.2, 0) is 19.1 Å². The van der Waals surface area contributed by atoms with E-state index in [1.165, 1.54) is 48.6 Å². The molecule has 0 aromatic heterocycles. The number of rotatable bonds is 6. The summed E-state index contributed by atoms with van der Waals surface area (Å²) in [6, 6.07) is 7.67. The second kappa shape index (κ2) is 10.5. The van der Waals surface area contributed by atoms with Gasteiger partial charge < -0.3 is 45.2 Å². The molecule has 2 aromatic carbocycles. The summed E-state index contributed by atoms with van der Waals surface area (Å²) in [5, 5.41) is 68.3. The summed E-state index contributed by atoms with van der Waals surface area (Å²) in [6.07, 6.45) is -0.987. The van der Waals surface area contributed by atoms with E-state index in [0.29, 0.717) is 11.1 Å². The van der Waals surface area contributed by atoms with Gasteiger partial charge in [-0.2, -0.15) is 0 Å². The summed E-state index contributed by atoms with van der Waals surface area (Å²) in [5.41, 5.74) is 0.723. The maximum absolute atomic E-state index is 12.2. The van der Waals surface area contributed by atoms with Crippen molar-refractivity contribution in [1.82, 2.24) is 0 Å². The zero-order valence-electron chi connectivity index (χ0n) is 18.2. The number of phenolic OH excluding ortho intramolecular Hbond substituents is 4. The first-order valence-corrected chi connectivity index (χ1v) is 10.4. The molecule has 7 N–H and O–H groups in total. The molecule has 1 fully saturated rings. The number of hydrogen-bond donors (Lipinski definition) is 7. The highest BCUT2D eigenvalue weighted by Crippen LogP contribution is 2.31. The number of ether oxygens (including phenoxy) is 2. The minimum Gasteiger partial charge on any atom is -0.504 e. The Morgan fingerprint density at radius 1 is 0.743 bits per heavy atom. The van der Waals surface area contributed by atoms with Gasteiger partial charge in [0.05, 0.1) is 0 Å². The van der Waals surface area contributed by atoms with E-state index in [9.17, 15) is 45.3 Å². The molecule has 3 rings (SSSR count). The normalized spacial score (nSPS) is 21.7. The van der Waals surface area contributed by atoms with E-state index in [4.69, 9.17) is 9.47 Å². The van der Waals surface area contributed by atoms with Gasteiger partial charge in [0.2, 0.25) is 0 Å². The molecule has 0 spiro atoms. The van der Waals surface area contributed by atoms with E-state index in [1.807, 2.05) is 0 Å². The Bertz CT molecular complexity index is 1060. The SMILES string of the molecule is O=C(/C=C/c1ccc(O)c(O)c1)OC1CC(O)(O)CC(OC(=O)/C=C/c2ccc(O)c(O)c2)C1O. The fourth-order valence-corrected chi connectivity index (χ4v) is 3.43. The van der Waals surface area contributed by atoms with Gasteiger partial charge in [-0.3, -0.25) is 0 Å². The largest absolute Gasteiger partial charge is 0.504 e. The van der Waals surface area contributed by atoms with Crippen LogP contribution >= 0.6 is 0 Å². The first kappa shape index (κ1) is 25.6. The summed E-state index contributed by atoms with van der Waals surface area (Å²) in [7, 11) is 0. The van der Waals surface area contributed by atoms with Crippen LogP contribution in [0, 0.1) is 0 Å². The summed E-state index contributed by atoms with van der Waals surface area (Å²) < 4.78 is 10.2. The topological polar surface area (TPSA) is 194 Å². The van der Waals surface area contributed by atoms with E-state index >= 15 is 0 Å². The fraction of sp³-hybridized carbons (Fsp3) is 0.250. The molecule has 1 aliphatic carbocycles. The fourth-order valence-electron chi connectivity index (χ4n) is 3.43. The van der Waals surface area contributed by atoms with Crippen LogP contribution in [0.2, 0.25) is 0 Å². The average molecular weight is 488 g/mol. The van der Waals surface area contributed by atoms with Gasteiger partial charge in [0.25, 0.3) is 0 Å². The maximum Gasteiger partial charge on any atom is 0.331 e. The van der Waals surface area contributed by atoms with Gasteiger partial charge in [0.1, 0.15) is 18.3 Å². The molecule has 0 amide bonds. The number of esters is 2. The van der Waals surface area contributed by atoms with Gasteiger partial charge in [-0.15, -0.1) is 0 Å². The van der Waals surface area contributed by atoms with Crippen molar-refractivity contribution in [3.05, 3.63) is 59.7 Å². The Hall–Kier alpha value is -4.06. The van der Waals surface area contributed by atoms with Crippen LogP contribution in [0.3, 0.4) is 0 Å². The van der Waals surface area contributed by atoms with Gasteiger partial charge >= 0.3 is 11.9 Å². The molecule has 11 heteroatoms. The molecule has 0 saturated heterocycles. The van der Waals surface area contributed by atoms with Crippen molar-refractivity contribution in [1.29, 1.82) is 0 Å². The van der Waals surface area contributed by atoms with Crippen LogP contribution in [0.15, 0.2) is 48.6 Å². The maximum atomic E-state index is 12.2. The zero-order chi connectivity index (χ0) is 25.8. The summed E-state index contributed by atoms with van der Waals surface area (Å²) in [6.45, 7) is 0. The van der Waals surface area contributed by atoms with Gasteiger partial charge in [-0.1, -0.05) is 12.1 Å². The molecule has 186 valence electrons. The van der Waals surface area contributed by atoms with Crippen LogP contribution in [-0.4, -0.2) is 71.8 Å². The van der Waals surface area contributed by atoms with Crippen LogP contribution < -0.4 is 0 Å². The van der Waals surface area contributed by atoms with E-state index in [0.717, 1.165) is 12.2 Å². The van der Waals surface area contributed by atoms with Crippen molar-refractivity contribution in [2.75, 3.05) is 0 Å². The Labute approximate surface area is 199 Å². The molecular formula is C24H24O11. The molecule has 2 unspecified atom stereocenters. The average Bonchev–Trinajstić information content (AvgIpc) is 2.78. The summed E-state index contributed by atoms with van der Waals surface area (Å²) in [4.78, 5) is 24.4. The Morgan fingerprint density at radius 2 is 1.14 bits per heavy atom. The van der Waals surface area contributed by atoms with Crippen LogP contribution in [0.5, 0.6) is 23.0 Å². The summed E-state index contributed by atoms with van der Waals surface area (Å²) >= 11 is 0. The number of aromatic hydroxyl groups is 4. The van der Waals surface area contributed by atoms with E-state index in [1.54, 1.807) is 0 Å². The van der Waals surface area contributed by atoms with Crippen LogP contribution in [0.4, 0.5) is 0 Å². The zero-order valence-corrected chi connectivity index (χ0v) is 18.2. The lowest BCUT2D eigenvalue weighted by Gasteiger charge is -2.39. The number of carbonyl (C=O) groups excluding carboxylic acids is 2. The van der Waals surface area contributed by atoms with Gasteiger partial charge in [-0.25, -0.2) is 9.59 Å². The molecule has 0 bridgehead atoms. The quantitative estimate of drug-likeness (QED) is 0.132. The van der Waals surface area contributed by atoms with E-state index < -0.39 is 60.4 Å². The molecule has 0 radical (unpaired) electrons. The first-order chi connectivity index (χ1) is 16.4. The van der Waals surface area contributed by atoms with Crippen molar-refractivity contribution in [3.63, 3.8) is 0 Å². The number of aliphatic hydroxyl groups excluding tert-OH is 1. The molecule has 11 nitrogen and oxygen atoms in total. The predicted octanol–water partition coefficient (Wildman–Crippen LogP) is 0.895. The smallest absolute Gasteiger partial charge is 0.331 e. The minimum absolute atomic E-state index is 0.339. The molecular weight excluding hydrogens is 464 g/mol. The lowest BCUT2D eigenvalue weighted by atomic mass is 9.87. The highest BCUT2D eigenvalue weighted by atomic mass is 16.6. The third kappa shape index (κ3) is 6.96.